The van der Waals surface area contributed by atoms with E-state index in [1.54, 1.807) is 78.9 Å². The summed E-state index contributed by atoms with van der Waals surface area (Å²) >= 11 is 2.76. The fraction of sp³-hybridized carbons (Fsp3) is 0.0357. The van der Waals surface area contributed by atoms with Gasteiger partial charge < -0.3 is 9.15 Å². The number of methoxy groups -OCH3 is 1. The molecular weight excluding hydrogens is 536 g/mol. The van der Waals surface area contributed by atoms with Crippen LogP contribution in [0.3, 0.4) is 0 Å². The fourth-order valence-electron chi connectivity index (χ4n) is 4.03. The number of thiazole rings is 1. The van der Waals surface area contributed by atoms with Crippen LogP contribution in [0.1, 0.15) is 36.8 Å². The van der Waals surface area contributed by atoms with Crippen molar-refractivity contribution >= 4 is 62.9 Å². The summed E-state index contributed by atoms with van der Waals surface area (Å²) in [5.74, 6) is -0.00938. The number of imide groups is 1. The van der Waals surface area contributed by atoms with Crippen molar-refractivity contribution in [2.45, 2.75) is 9.43 Å². The van der Waals surface area contributed by atoms with Crippen molar-refractivity contribution in [2.24, 2.45) is 5.10 Å². The van der Waals surface area contributed by atoms with Crippen LogP contribution in [-0.4, -0.2) is 36.0 Å². The normalized spacial score (nSPS) is 12.9. The molecule has 0 bridgehead atoms. The van der Waals surface area contributed by atoms with Gasteiger partial charge in [-0.05, 0) is 72.4 Å². The highest BCUT2D eigenvalue weighted by atomic mass is 32.2. The Labute approximate surface area is 230 Å². The number of benzene rings is 3. The molecule has 0 saturated carbocycles. The number of carbonyl (C=O) groups excluding carboxylic acids is 3. The van der Waals surface area contributed by atoms with E-state index in [-0.39, 0.29) is 17.7 Å². The highest BCUT2D eigenvalue weighted by molar-refractivity contribution is 8.01. The number of fused-ring (bicyclic) bond motifs is 2. The molecule has 3 aromatic carbocycles. The zero-order valence-corrected chi connectivity index (χ0v) is 21.9. The second-order valence-electron chi connectivity index (χ2n) is 8.31. The summed E-state index contributed by atoms with van der Waals surface area (Å²) in [6.45, 7) is 0. The van der Waals surface area contributed by atoms with E-state index in [2.05, 4.69) is 15.5 Å². The maximum absolute atomic E-state index is 12.8. The molecule has 0 saturated heterocycles. The maximum Gasteiger partial charge on any atom is 0.271 e. The first kappa shape index (κ1) is 24.6. The number of amides is 3. The lowest BCUT2D eigenvalue weighted by Gasteiger charge is -2.13. The lowest BCUT2D eigenvalue weighted by atomic mass is 10.1. The Morgan fingerprint density at radius 2 is 1.82 bits per heavy atom. The minimum atomic E-state index is -0.374. The summed E-state index contributed by atoms with van der Waals surface area (Å²) in [7, 11) is 1.53. The van der Waals surface area contributed by atoms with Crippen LogP contribution in [0, 0.1) is 0 Å². The predicted molar refractivity (Wildman–Crippen MR) is 148 cm³/mol. The van der Waals surface area contributed by atoms with Gasteiger partial charge in [-0.25, -0.2) is 15.3 Å². The van der Waals surface area contributed by atoms with Gasteiger partial charge in [0.25, 0.3) is 17.7 Å². The Hall–Kier alpha value is -4.74. The Morgan fingerprint density at radius 3 is 2.59 bits per heavy atom. The Kier molecular flexibility index (Phi) is 6.43. The van der Waals surface area contributed by atoms with E-state index < -0.39 is 0 Å². The van der Waals surface area contributed by atoms with Crippen molar-refractivity contribution in [3.63, 3.8) is 0 Å². The van der Waals surface area contributed by atoms with Gasteiger partial charge in [0.1, 0.15) is 11.5 Å². The molecule has 6 rings (SSSR count). The van der Waals surface area contributed by atoms with Crippen molar-refractivity contribution in [2.75, 3.05) is 12.0 Å². The third-order valence-electron chi connectivity index (χ3n) is 5.88. The van der Waals surface area contributed by atoms with Crippen LogP contribution in [0.2, 0.25) is 0 Å². The molecule has 192 valence electrons. The SMILES string of the molecule is COc1cccc(C(=O)N/N=C\c2ccc(Sc3nc4ccc(N5C(=O)c6ccccc6C5=O)cc4s3)o2)c1. The van der Waals surface area contributed by atoms with Gasteiger partial charge in [-0.1, -0.05) is 18.2 Å². The van der Waals surface area contributed by atoms with Crippen molar-refractivity contribution in [1.82, 2.24) is 10.4 Å². The van der Waals surface area contributed by atoms with Crippen LogP contribution < -0.4 is 15.1 Å². The summed E-state index contributed by atoms with van der Waals surface area (Å²) in [6, 6.07) is 22.4. The molecule has 2 aromatic heterocycles. The van der Waals surface area contributed by atoms with E-state index in [9.17, 15) is 14.4 Å². The molecule has 3 amide bonds. The van der Waals surface area contributed by atoms with Crippen LogP contribution in [0.5, 0.6) is 5.75 Å². The Morgan fingerprint density at radius 1 is 1.03 bits per heavy atom. The predicted octanol–water partition coefficient (Wildman–Crippen LogP) is 5.61. The van der Waals surface area contributed by atoms with Crippen molar-refractivity contribution in [1.29, 1.82) is 0 Å². The number of hydrazone groups is 1. The van der Waals surface area contributed by atoms with E-state index in [4.69, 9.17) is 9.15 Å². The van der Waals surface area contributed by atoms with Gasteiger partial charge in [-0.3, -0.25) is 14.4 Å². The van der Waals surface area contributed by atoms with Crippen LogP contribution in [0.4, 0.5) is 5.69 Å². The third-order valence-corrected chi connectivity index (χ3v) is 7.88. The molecule has 0 fully saturated rings. The average Bonchev–Trinajstić information content (AvgIpc) is 3.64. The van der Waals surface area contributed by atoms with Gasteiger partial charge >= 0.3 is 0 Å². The number of carbonyl (C=O) groups is 3. The zero-order chi connectivity index (χ0) is 26.9. The molecule has 0 unspecified atom stereocenters. The lowest BCUT2D eigenvalue weighted by Crippen LogP contribution is -2.29. The van der Waals surface area contributed by atoms with E-state index >= 15 is 0 Å². The second-order valence-corrected chi connectivity index (χ2v) is 10.6. The standard InChI is InChI=1S/C28H18N4O5S2/c1-36-18-6-4-5-16(13-18)25(33)31-29-15-19-10-12-24(37-19)39-28-30-22-11-9-17(14-23(22)38-28)32-26(34)20-7-2-3-8-21(20)27(32)35/h2-15H,1H3,(H,31,33)/b29-15-. The molecule has 39 heavy (non-hydrogen) atoms. The number of aromatic nitrogens is 1. The topological polar surface area (TPSA) is 114 Å². The van der Waals surface area contributed by atoms with Gasteiger partial charge in [0.15, 0.2) is 9.43 Å². The summed E-state index contributed by atoms with van der Waals surface area (Å²) in [5, 5.41) is 4.55. The summed E-state index contributed by atoms with van der Waals surface area (Å²) in [6.07, 6.45) is 1.41. The van der Waals surface area contributed by atoms with Crippen molar-refractivity contribution < 1.29 is 23.5 Å². The molecule has 0 radical (unpaired) electrons. The van der Waals surface area contributed by atoms with Gasteiger partial charge in [-0.15, -0.1) is 11.3 Å². The van der Waals surface area contributed by atoms with E-state index in [1.807, 2.05) is 0 Å². The van der Waals surface area contributed by atoms with Crippen molar-refractivity contribution in [3.8, 4) is 5.75 Å². The number of ether oxygens (including phenoxy) is 1. The monoisotopic (exact) mass is 554 g/mol. The number of hydrogen-bond acceptors (Lipinski definition) is 9. The van der Waals surface area contributed by atoms with Gasteiger partial charge in [-0.2, -0.15) is 5.10 Å². The van der Waals surface area contributed by atoms with E-state index in [0.717, 1.165) is 14.6 Å². The summed E-state index contributed by atoms with van der Waals surface area (Å²) in [5.41, 5.74) is 4.94. The van der Waals surface area contributed by atoms with Crippen LogP contribution in [0.15, 0.2) is 97.8 Å². The summed E-state index contributed by atoms with van der Waals surface area (Å²) in [4.78, 5) is 43.8. The molecule has 1 aliphatic heterocycles. The van der Waals surface area contributed by atoms with Crippen LogP contribution >= 0.6 is 23.1 Å². The minimum absolute atomic E-state index is 0.335. The van der Waals surface area contributed by atoms with Gasteiger partial charge in [0, 0.05) is 5.56 Å². The van der Waals surface area contributed by atoms with E-state index in [1.165, 1.54) is 41.3 Å². The molecular formula is C28H18N4O5S2. The fourth-order valence-corrected chi connectivity index (χ4v) is 6.03. The second kappa shape index (κ2) is 10.2. The summed E-state index contributed by atoms with van der Waals surface area (Å²) < 4.78 is 12.5. The average molecular weight is 555 g/mol. The molecule has 5 aromatic rings. The number of anilines is 1. The number of hydrogen-bond donors (Lipinski definition) is 1. The Bertz CT molecular complexity index is 1760. The number of rotatable bonds is 7. The van der Waals surface area contributed by atoms with Gasteiger partial charge in [0.2, 0.25) is 0 Å². The maximum atomic E-state index is 12.8. The first-order chi connectivity index (χ1) is 19.0. The molecule has 1 aliphatic rings. The smallest absolute Gasteiger partial charge is 0.271 e. The highest BCUT2D eigenvalue weighted by Gasteiger charge is 2.36. The van der Waals surface area contributed by atoms with E-state index in [0.29, 0.717) is 39.0 Å². The molecule has 0 atom stereocenters. The molecule has 9 nitrogen and oxygen atoms in total. The zero-order valence-electron chi connectivity index (χ0n) is 20.3. The molecule has 11 heteroatoms. The molecule has 3 heterocycles. The molecule has 0 spiro atoms. The Balaban J connectivity index is 1.13. The number of furan rings is 1. The van der Waals surface area contributed by atoms with Crippen LogP contribution in [-0.2, 0) is 0 Å². The molecule has 1 N–H and O–H groups in total. The quantitative estimate of drug-likeness (QED) is 0.158. The third kappa shape index (κ3) is 4.80. The molecule has 0 aliphatic carbocycles. The minimum Gasteiger partial charge on any atom is -0.497 e. The van der Waals surface area contributed by atoms with Crippen LogP contribution in [0.25, 0.3) is 10.2 Å². The van der Waals surface area contributed by atoms with Crippen molar-refractivity contribution in [3.05, 3.63) is 101 Å². The largest absolute Gasteiger partial charge is 0.497 e. The highest BCUT2D eigenvalue weighted by Crippen LogP contribution is 2.37. The number of nitrogens with zero attached hydrogens (tertiary/aromatic N) is 3. The number of nitrogens with one attached hydrogen (secondary N) is 1. The lowest BCUT2D eigenvalue weighted by molar-refractivity contribution is 0.0922. The first-order valence-corrected chi connectivity index (χ1v) is 13.3. The van der Waals surface area contributed by atoms with Gasteiger partial charge in [0.05, 0.1) is 40.4 Å². The first-order valence-electron chi connectivity index (χ1n) is 11.6.